The van der Waals surface area contributed by atoms with Crippen molar-refractivity contribution in [3.8, 4) is 11.5 Å². The number of carbonyl (C=O) groups excluding carboxylic acids is 2. The average molecular weight is 384 g/mol. The van der Waals surface area contributed by atoms with E-state index < -0.39 is 5.97 Å². The van der Waals surface area contributed by atoms with Crippen LogP contribution in [0.3, 0.4) is 0 Å². The third-order valence-electron chi connectivity index (χ3n) is 4.72. The number of hydrogen-bond acceptors (Lipinski definition) is 6. The van der Waals surface area contributed by atoms with E-state index in [-0.39, 0.29) is 12.5 Å². The van der Waals surface area contributed by atoms with Crippen LogP contribution in [0.5, 0.6) is 11.5 Å². The maximum atomic E-state index is 12.4. The fourth-order valence-corrected chi connectivity index (χ4v) is 3.12. The van der Waals surface area contributed by atoms with Gasteiger partial charge in [0.15, 0.2) is 6.61 Å². The van der Waals surface area contributed by atoms with Crippen molar-refractivity contribution in [1.29, 1.82) is 0 Å². The maximum absolute atomic E-state index is 12.4. The van der Waals surface area contributed by atoms with Gasteiger partial charge in [-0.05, 0) is 36.4 Å². The molecule has 2 aromatic rings. The Kier molecular flexibility index (Phi) is 6.37. The van der Waals surface area contributed by atoms with E-state index in [1.807, 2.05) is 24.3 Å². The Hall–Kier alpha value is -3.22. The number of carbonyl (C=O) groups is 2. The summed E-state index contributed by atoms with van der Waals surface area (Å²) in [5, 5.41) is 0. The summed E-state index contributed by atoms with van der Waals surface area (Å²) < 4.78 is 15.5. The zero-order valence-electron chi connectivity index (χ0n) is 16.1. The standard InChI is InChI=1S/C21H24N2O5/c1-26-17-9-7-16(8-10-17)22-11-13-23(14-12-22)20(24)15-28-21(25)18-5-3-4-6-19(18)27-2/h3-10H,11-15H2,1-2H3. The van der Waals surface area contributed by atoms with Crippen molar-refractivity contribution in [3.05, 3.63) is 54.1 Å². The van der Waals surface area contributed by atoms with Gasteiger partial charge in [0.25, 0.3) is 5.91 Å². The van der Waals surface area contributed by atoms with Gasteiger partial charge < -0.3 is 24.0 Å². The Morgan fingerprint density at radius 2 is 1.57 bits per heavy atom. The van der Waals surface area contributed by atoms with Gasteiger partial charge in [0.1, 0.15) is 17.1 Å². The minimum absolute atomic E-state index is 0.197. The smallest absolute Gasteiger partial charge is 0.342 e. The first-order chi connectivity index (χ1) is 13.6. The highest BCUT2D eigenvalue weighted by Crippen LogP contribution is 2.21. The van der Waals surface area contributed by atoms with Gasteiger partial charge in [-0.15, -0.1) is 0 Å². The van der Waals surface area contributed by atoms with Crippen LogP contribution in [-0.4, -0.2) is 63.8 Å². The lowest BCUT2D eigenvalue weighted by Gasteiger charge is -2.36. The van der Waals surface area contributed by atoms with Crippen molar-refractivity contribution < 1.29 is 23.8 Å². The molecule has 0 saturated carbocycles. The number of piperazine rings is 1. The van der Waals surface area contributed by atoms with Gasteiger partial charge in [-0.1, -0.05) is 12.1 Å². The minimum atomic E-state index is -0.567. The molecule has 1 heterocycles. The molecule has 0 unspecified atom stereocenters. The molecule has 2 aromatic carbocycles. The highest BCUT2D eigenvalue weighted by molar-refractivity contribution is 5.94. The van der Waals surface area contributed by atoms with E-state index in [9.17, 15) is 9.59 Å². The number of methoxy groups -OCH3 is 2. The summed E-state index contributed by atoms with van der Waals surface area (Å²) in [7, 11) is 3.12. The van der Waals surface area contributed by atoms with Crippen LogP contribution in [0.2, 0.25) is 0 Å². The third-order valence-corrected chi connectivity index (χ3v) is 4.72. The SMILES string of the molecule is COc1ccc(N2CCN(C(=O)COC(=O)c3ccccc3OC)CC2)cc1. The molecule has 0 atom stereocenters. The van der Waals surface area contributed by atoms with E-state index in [2.05, 4.69) is 4.90 Å². The Morgan fingerprint density at radius 3 is 2.21 bits per heavy atom. The van der Waals surface area contributed by atoms with Crippen LogP contribution in [0.25, 0.3) is 0 Å². The molecule has 0 radical (unpaired) electrons. The molecule has 1 aliphatic rings. The van der Waals surface area contributed by atoms with Crippen LogP contribution in [0, 0.1) is 0 Å². The van der Waals surface area contributed by atoms with Crippen molar-refractivity contribution in [2.24, 2.45) is 0 Å². The molecule has 1 fully saturated rings. The van der Waals surface area contributed by atoms with Crippen LogP contribution in [0.4, 0.5) is 5.69 Å². The highest BCUT2D eigenvalue weighted by atomic mass is 16.5. The van der Waals surface area contributed by atoms with Crippen molar-refractivity contribution in [1.82, 2.24) is 4.90 Å². The van der Waals surface area contributed by atoms with Crippen LogP contribution < -0.4 is 14.4 Å². The van der Waals surface area contributed by atoms with E-state index >= 15 is 0 Å². The number of ether oxygens (including phenoxy) is 3. The summed E-state index contributed by atoms with van der Waals surface area (Å²) in [6, 6.07) is 14.6. The number of anilines is 1. The molecular formula is C21H24N2O5. The maximum Gasteiger partial charge on any atom is 0.342 e. The van der Waals surface area contributed by atoms with Gasteiger partial charge in [-0.2, -0.15) is 0 Å². The van der Waals surface area contributed by atoms with Gasteiger partial charge in [0.2, 0.25) is 0 Å². The molecule has 0 spiro atoms. The molecule has 0 bridgehead atoms. The number of esters is 1. The Labute approximate surface area is 164 Å². The number of amides is 1. The topological polar surface area (TPSA) is 68.3 Å². The van der Waals surface area contributed by atoms with E-state index in [1.54, 1.807) is 36.3 Å². The van der Waals surface area contributed by atoms with Gasteiger partial charge >= 0.3 is 5.97 Å². The monoisotopic (exact) mass is 384 g/mol. The number of para-hydroxylation sites is 1. The second-order valence-electron chi connectivity index (χ2n) is 6.34. The zero-order valence-corrected chi connectivity index (χ0v) is 16.1. The second-order valence-corrected chi connectivity index (χ2v) is 6.34. The van der Waals surface area contributed by atoms with Gasteiger partial charge in [0.05, 0.1) is 14.2 Å². The van der Waals surface area contributed by atoms with Crippen LogP contribution in [0.1, 0.15) is 10.4 Å². The average Bonchev–Trinajstić information content (AvgIpc) is 2.77. The molecule has 0 aromatic heterocycles. The second kappa shape index (κ2) is 9.12. The fraction of sp³-hybridized carbons (Fsp3) is 0.333. The van der Waals surface area contributed by atoms with Crippen molar-refractivity contribution in [3.63, 3.8) is 0 Å². The lowest BCUT2D eigenvalue weighted by molar-refractivity contribution is -0.134. The molecule has 148 valence electrons. The number of rotatable bonds is 6. The van der Waals surface area contributed by atoms with E-state index in [0.717, 1.165) is 24.5 Å². The largest absolute Gasteiger partial charge is 0.497 e. The molecule has 7 nitrogen and oxygen atoms in total. The minimum Gasteiger partial charge on any atom is -0.497 e. The van der Waals surface area contributed by atoms with Gasteiger partial charge in [-0.3, -0.25) is 4.79 Å². The van der Waals surface area contributed by atoms with E-state index in [4.69, 9.17) is 14.2 Å². The molecule has 28 heavy (non-hydrogen) atoms. The Balaban J connectivity index is 1.49. The normalized spacial score (nSPS) is 13.8. The van der Waals surface area contributed by atoms with Crippen LogP contribution >= 0.6 is 0 Å². The zero-order chi connectivity index (χ0) is 19.9. The summed E-state index contributed by atoms with van der Waals surface area (Å²) in [5.74, 6) is 0.475. The summed E-state index contributed by atoms with van der Waals surface area (Å²) in [5.41, 5.74) is 1.40. The molecular weight excluding hydrogens is 360 g/mol. The first-order valence-corrected chi connectivity index (χ1v) is 9.09. The molecule has 1 aliphatic heterocycles. The van der Waals surface area contributed by atoms with Gasteiger partial charge in [-0.25, -0.2) is 4.79 Å². The first-order valence-electron chi connectivity index (χ1n) is 9.09. The predicted octanol–water partition coefficient (Wildman–Crippen LogP) is 2.21. The number of benzene rings is 2. The molecule has 3 rings (SSSR count). The molecule has 0 aliphatic carbocycles. The number of hydrogen-bond donors (Lipinski definition) is 0. The summed E-state index contributed by atoms with van der Waals surface area (Å²) in [6.07, 6.45) is 0. The fourth-order valence-electron chi connectivity index (χ4n) is 3.12. The highest BCUT2D eigenvalue weighted by Gasteiger charge is 2.23. The number of nitrogens with zero attached hydrogens (tertiary/aromatic N) is 2. The Morgan fingerprint density at radius 1 is 0.893 bits per heavy atom. The summed E-state index contributed by atoms with van der Waals surface area (Å²) in [4.78, 5) is 28.5. The third kappa shape index (κ3) is 4.54. The van der Waals surface area contributed by atoms with Crippen LogP contribution in [-0.2, 0) is 9.53 Å². The quantitative estimate of drug-likeness (QED) is 0.712. The Bertz CT molecular complexity index is 814. The predicted molar refractivity (Wildman–Crippen MR) is 105 cm³/mol. The summed E-state index contributed by atoms with van der Waals surface area (Å²) >= 11 is 0. The van der Waals surface area contributed by atoms with Crippen molar-refractivity contribution in [2.45, 2.75) is 0 Å². The molecule has 7 heteroatoms. The van der Waals surface area contributed by atoms with Gasteiger partial charge in [0, 0.05) is 31.9 Å². The lowest BCUT2D eigenvalue weighted by atomic mass is 10.2. The summed E-state index contributed by atoms with van der Waals surface area (Å²) in [6.45, 7) is 2.32. The molecule has 1 saturated heterocycles. The molecule has 1 amide bonds. The van der Waals surface area contributed by atoms with Crippen molar-refractivity contribution >= 4 is 17.6 Å². The van der Waals surface area contributed by atoms with Crippen molar-refractivity contribution in [2.75, 3.05) is 51.9 Å². The van der Waals surface area contributed by atoms with E-state index in [0.29, 0.717) is 24.4 Å². The lowest BCUT2D eigenvalue weighted by Crippen LogP contribution is -2.49. The van der Waals surface area contributed by atoms with E-state index in [1.165, 1.54) is 7.11 Å². The van der Waals surface area contributed by atoms with Crippen LogP contribution in [0.15, 0.2) is 48.5 Å². The first kappa shape index (κ1) is 19.5. The molecule has 0 N–H and O–H groups in total.